The first-order chi connectivity index (χ1) is 12.8. The van der Waals surface area contributed by atoms with Crippen molar-refractivity contribution in [3.63, 3.8) is 0 Å². The number of hydrogen-bond donors (Lipinski definition) is 0. The quantitative estimate of drug-likeness (QED) is 0.313. The zero-order chi connectivity index (χ0) is 17.7. The fourth-order valence-electron chi connectivity index (χ4n) is 4.39. The number of nitrogens with zero attached hydrogens (tertiary/aromatic N) is 1. The van der Waals surface area contributed by atoms with Gasteiger partial charge in [-0.05, 0) is 40.6 Å². The summed E-state index contributed by atoms with van der Waals surface area (Å²) in [4.78, 5) is 0. The van der Waals surface area contributed by atoms with Crippen LogP contribution in [0.3, 0.4) is 0 Å². The van der Waals surface area contributed by atoms with Gasteiger partial charge in [0.05, 0.1) is 5.52 Å². The molecule has 0 bridgehead atoms. The molecule has 0 aliphatic rings. The molecule has 4 aromatic carbocycles. The third kappa shape index (κ3) is 2.17. The minimum Gasteiger partial charge on any atom is -0.343 e. The molecule has 0 saturated carbocycles. The Morgan fingerprint density at radius 3 is 2.35 bits per heavy atom. The summed E-state index contributed by atoms with van der Waals surface area (Å²) in [5.74, 6) is 0. The van der Waals surface area contributed by atoms with Gasteiger partial charge < -0.3 is 4.57 Å². The third-order valence-corrected chi connectivity index (χ3v) is 5.77. The van der Waals surface area contributed by atoms with Crippen LogP contribution in [0.2, 0.25) is 0 Å². The van der Waals surface area contributed by atoms with E-state index in [9.17, 15) is 0 Å². The molecule has 0 amide bonds. The summed E-state index contributed by atoms with van der Waals surface area (Å²) in [5, 5.41) is 8.04. The molecule has 26 heavy (non-hydrogen) atoms. The Bertz CT molecular complexity index is 1270. The van der Waals surface area contributed by atoms with Gasteiger partial charge in [-0.25, -0.2) is 0 Å². The van der Waals surface area contributed by atoms with Crippen molar-refractivity contribution in [1.82, 2.24) is 4.57 Å². The molecule has 1 nitrogen and oxygen atoms in total. The number of aromatic nitrogens is 1. The molecule has 1 heteroatoms. The summed E-state index contributed by atoms with van der Waals surface area (Å²) >= 11 is 0. The van der Waals surface area contributed by atoms with Crippen molar-refractivity contribution >= 4 is 43.4 Å². The second-order valence-corrected chi connectivity index (χ2v) is 7.36. The van der Waals surface area contributed by atoms with Crippen LogP contribution in [0.25, 0.3) is 43.4 Å². The van der Waals surface area contributed by atoms with E-state index in [2.05, 4.69) is 85.3 Å². The van der Waals surface area contributed by atoms with E-state index in [0.29, 0.717) is 0 Å². The van der Waals surface area contributed by atoms with E-state index in [1.54, 1.807) is 0 Å². The van der Waals surface area contributed by atoms with Gasteiger partial charge in [0, 0.05) is 28.7 Å². The van der Waals surface area contributed by atoms with Crippen molar-refractivity contribution in [2.75, 3.05) is 0 Å². The van der Waals surface area contributed by atoms with Crippen LogP contribution in [0.1, 0.15) is 25.3 Å². The summed E-state index contributed by atoms with van der Waals surface area (Å²) in [6.07, 6.45) is 3.66. The topological polar surface area (TPSA) is 4.93 Å². The molecule has 1 heterocycles. The van der Waals surface area contributed by atoms with Crippen molar-refractivity contribution < 1.29 is 0 Å². The highest BCUT2D eigenvalue weighted by atomic mass is 14.9. The maximum atomic E-state index is 2.39. The maximum absolute atomic E-state index is 2.39. The summed E-state index contributed by atoms with van der Waals surface area (Å²) in [6.45, 7) is 2.26. The molecular formula is C25H23N. The molecule has 0 N–H and O–H groups in total. The van der Waals surface area contributed by atoms with Gasteiger partial charge in [-0.2, -0.15) is 0 Å². The Labute approximate surface area is 153 Å². The average molecular weight is 337 g/mol. The van der Waals surface area contributed by atoms with Crippen LogP contribution in [-0.4, -0.2) is 4.57 Å². The smallest absolute Gasteiger partial charge is 0.0568 e. The Balaban J connectivity index is 1.87. The standard InChI is InChI=1S/C25H23N/c1-3-4-7-17-10-12-21-23-15-14-20-19-9-6-5-8-18(19)11-13-22(20)25(23)26(2)24(21)16-17/h5-6,8-16H,3-4,7H2,1-2H3. The minimum absolute atomic E-state index is 1.17. The van der Waals surface area contributed by atoms with Gasteiger partial charge in [0.25, 0.3) is 0 Å². The Morgan fingerprint density at radius 2 is 1.46 bits per heavy atom. The summed E-state index contributed by atoms with van der Waals surface area (Å²) in [6, 6.07) is 24.8. The number of unbranched alkanes of at least 4 members (excludes halogenated alkanes) is 1. The number of rotatable bonds is 3. The largest absolute Gasteiger partial charge is 0.343 e. The normalized spacial score (nSPS) is 11.9. The van der Waals surface area contributed by atoms with Crippen LogP contribution in [0.15, 0.2) is 66.7 Å². The van der Waals surface area contributed by atoms with Gasteiger partial charge in [-0.3, -0.25) is 0 Å². The molecule has 0 fully saturated rings. The molecule has 5 rings (SSSR count). The summed E-state index contributed by atoms with van der Waals surface area (Å²) in [5.41, 5.74) is 4.13. The van der Waals surface area contributed by atoms with Crippen LogP contribution in [0.4, 0.5) is 0 Å². The van der Waals surface area contributed by atoms with E-state index >= 15 is 0 Å². The minimum atomic E-state index is 1.17. The van der Waals surface area contributed by atoms with Crippen LogP contribution in [0.5, 0.6) is 0 Å². The van der Waals surface area contributed by atoms with Crippen molar-refractivity contribution in [3.8, 4) is 0 Å². The van der Waals surface area contributed by atoms with E-state index in [-0.39, 0.29) is 0 Å². The van der Waals surface area contributed by atoms with E-state index in [4.69, 9.17) is 0 Å². The van der Waals surface area contributed by atoms with Gasteiger partial charge in [-0.1, -0.05) is 74.0 Å². The summed E-state index contributed by atoms with van der Waals surface area (Å²) < 4.78 is 2.39. The molecule has 5 aromatic rings. The van der Waals surface area contributed by atoms with Gasteiger partial charge in [0.15, 0.2) is 0 Å². The van der Waals surface area contributed by atoms with E-state index in [1.165, 1.54) is 68.2 Å². The molecule has 0 unspecified atom stereocenters. The molecule has 1 aromatic heterocycles. The first kappa shape index (κ1) is 15.5. The first-order valence-electron chi connectivity index (χ1n) is 9.59. The first-order valence-corrected chi connectivity index (χ1v) is 9.59. The summed E-state index contributed by atoms with van der Waals surface area (Å²) in [7, 11) is 2.21. The lowest BCUT2D eigenvalue weighted by molar-refractivity contribution is 0.795. The Hall–Kier alpha value is -2.80. The third-order valence-electron chi connectivity index (χ3n) is 5.77. The fraction of sp³-hybridized carbons (Fsp3) is 0.200. The molecule has 0 aliphatic carbocycles. The predicted molar refractivity (Wildman–Crippen MR) is 114 cm³/mol. The molecule has 128 valence electrons. The van der Waals surface area contributed by atoms with Crippen molar-refractivity contribution in [2.45, 2.75) is 26.2 Å². The Kier molecular flexibility index (Phi) is 3.49. The molecule has 0 saturated heterocycles. The van der Waals surface area contributed by atoms with Crippen molar-refractivity contribution in [3.05, 3.63) is 72.3 Å². The lowest BCUT2D eigenvalue weighted by Crippen LogP contribution is -1.90. The van der Waals surface area contributed by atoms with Crippen molar-refractivity contribution in [2.24, 2.45) is 7.05 Å². The van der Waals surface area contributed by atoms with Crippen LogP contribution < -0.4 is 0 Å². The number of aryl methyl sites for hydroxylation is 2. The fourth-order valence-corrected chi connectivity index (χ4v) is 4.39. The number of hydrogen-bond acceptors (Lipinski definition) is 0. The van der Waals surface area contributed by atoms with Crippen molar-refractivity contribution in [1.29, 1.82) is 0 Å². The zero-order valence-electron chi connectivity index (χ0n) is 15.4. The number of benzene rings is 4. The highest BCUT2D eigenvalue weighted by Gasteiger charge is 2.13. The lowest BCUT2D eigenvalue weighted by atomic mass is 9.99. The van der Waals surface area contributed by atoms with Gasteiger partial charge >= 0.3 is 0 Å². The molecule has 0 aliphatic heterocycles. The van der Waals surface area contributed by atoms with Crippen LogP contribution >= 0.6 is 0 Å². The van der Waals surface area contributed by atoms with Gasteiger partial charge in [0.1, 0.15) is 0 Å². The molecule has 0 atom stereocenters. The Morgan fingerprint density at radius 1 is 0.731 bits per heavy atom. The second kappa shape index (κ2) is 5.88. The van der Waals surface area contributed by atoms with E-state index in [0.717, 1.165) is 0 Å². The van der Waals surface area contributed by atoms with E-state index < -0.39 is 0 Å². The highest BCUT2D eigenvalue weighted by Crippen LogP contribution is 2.36. The zero-order valence-corrected chi connectivity index (χ0v) is 15.4. The van der Waals surface area contributed by atoms with E-state index in [1.807, 2.05) is 0 Å². The molecular weight excluding hydrogens is 314 g/mol. The average Bonchev–Trinajstić information content (AvgIpc) is 2.98. The van der Waals surface area contributed by atoms with Crippen LogP contribution in [0, 0.1) is 0 Å². The molecule has 0 spiro atoms. The van der Waals surface area contributed by atoms with Gasteiger partial charge in [-0.15, -0.1) is 0 Å². The molecule has 0 radical (unpaired) electrons. The predicted octanol–water partition coefficient (Wildman–Crippen LogP) is 6.98. The maximum Gasteiger partial charge on any atom is 0.0568 e. The monoisotopic (exact) mass is 337 g/mol. The highest BCUT2D eigenvalue weighted by molar-refractivity contribution is 6.22. The van der Waals surface area contributed by atoms with Crippen LogP contribution in [-0.2, 0) is 13.5 Å². The number of fused-ring (bicyclic) bond motifs is 7. The lowest BCUT2D eigenvalue weighted by Gasteiger charge is -2.07. The SMILES string of the molecule is CCCCc1ccc2c3ccc4c5ccccc5ccc4c3n(C)c2c1. The second-order valence-electron chi connectivity index (χ2n) is 7.36. The van der Waals surface area contributed by atoms with Gasteiger partial charge in [0.2, 0.25) is 0 Å².